The molecule has 0 atom stereocenters. The first-order valence-corrected chi connectivity index (χ1v) is 7.59. The summed E-state index contributed by atoms with van der Waals surface area (Å²) in [5.74, 6) is 0.0421. The van der Waals surface area contributed by atoms with Crippen molar-refractivity contribution >= 4 is 22.4 Å². The molecule has 0 fully saturated rings. The van der Waals surface area contributed by atoms with E-state index in [0.717, 1.165) is 16.4 Å². The van der Waals surface area contributed by atoms with Gasteiger partial charge >= 0.3 is 5.97 Å². The van der Waals surface area contributed by atoms with Gasteiger partial charge in [0.25, 0.3) is 0 Å². The molecule has 0 aliphatic heterocycles. The molecule has 2 rings (SSSR count). The minimum Gasteiger partial charge on any atom is -0.508 e. The van der Waals surface area contributed by atoms with Crippen LogP contribution in [0.25, 0.3) is 11.3 Å². The number of carbonyl (C=O) groups excluding carboxylic acids is 1. The summed E-state index contributed by atoms with van der Waals surface area (Å²) in [4.78, 5) is 17.8. The molecule has 1 heterocycles. The first-order valence-electron chi connectivity index (χ1n) is 6.72. The molecular weight excluding hydrogens is 288 g/mol. The molecule has 1 aromatic carbocycles. The molecule has 0 amide bonds. The molecule has 5 nitrogen and oxygen atoms in total. The van der Waals surface area contributed by atoms with Crippen molar-refractivity contribution in [2.75, 3.05) is 25.1 Å². The molecule has 0 radical (unpaired) electrons. The number of aromatic nitrogens is 1. The minimum atomic E-state index is -0.195. The summed E-state index contributed by atoms with van der Waals surface area (Å²) in [6.07, 6.45) is 0.346. The molecule has 0 saturated heterocycles. The standard InChI is InChI=1S/C15H18N2O3S/c1-3-20-14(19)8-9-17(2)15-16-13(10-21-15)11-4-6-12(18)7-5-11/h4-7,10,18H,3,8-9H2,1-2H3. The van der Waals surface area contributed by atoms with Crippen molar-refractivity contribution in [3.63, 3.8) is 0 Å². The fourth-order valence-corrected chi connectivity index (χ4v) is 2.62. The van der Waals surface area contributed by atoms with E-state index in [0.29, 0.717) is 19.6 Å². The number of hydrogen-bond acceptors (Lipinski definition) is 6. The van der Waals surface area contributed by atoms with Gasteiger partial charge in [0.15, 0.2) is 5.13 Å². The van der Waals surface area contributed by atoms with Gasteiger partial charge < -0.3 is 14.7 Å². The van der Waals surface area contributed by atoms with Crippen LogP contribution in [0.5, 0.6) is 5.75 Å². The third-order valence-electron chi connectivity index (χ3n) is 2.94. The Labute approximate surface area is 127 Å². The molecule has 2 aromatic rings. The second kappa shape index (κ2) is 7.08. The second-order valence-corrected chi connectivity index (χ2v) is 5.38. The fourth-order valence-electron chi connectivity index (χ4n) is 1.79. The zero-order valence-electron chi connectivity index (χ0n) is 12.1. The van der Waals surface area contributed by atoms with E-state index in [1.165, 1.54) is 11.3 Å². The van der Waals surface area contributed by atoms with E-state index >= 15 is 0 Å². The van der Waals surface area contributed by atoms with E-state index < -0.39 is 0 Å². The molecule has 1 N–H and O–H groups in total. The Kier molecular flexibility index (Phi) is 5.16. The van der Waals surface area contributed by atoms with Crippen LogP contribution in [0.3, 0.4) is 0 Å². The number of esters is 1. The van der Waals surface area contributed by atoms with Gasteiger partial charge in [-0.15, -0.1) is 11.3 Å². The third-order valence-corrected chi connectivity index (χ3v) is 3.89. The summed E-state index contributed by atoms with van der Waals surface area (Å²) in [6.45, 7) is 2.78. The Bertz CT molecular complexity index is 595. The number of hydrogen-bond donors (Lipinski definition) is 1. The highest BCUT2D eigenvalue weighted by Crippen LogP contribution is 2.27. The number of aromatic hydroxyl groups is 1. The Hall–Kier alpha value is -2.08. The lowest BCUT2D eigenvalue weighted by Gasteiger charge is -2.14. The molecule has 1 aromatic heterocycles. The predicted molar refractivity (Wildman–Crippen MR) is 83.7 cm³/mol. The van der Waals surface area contributed by atoms with Crippen molar-refractivity contribution in [3.8, 4) is 17.0 Å². The van der Waals surface area contributed by atoms with Crippen molar-refractivity contribution in [2.24, 2.45) is 0 Å². The average Bonchev–Trinajstić information content (AvgIpc) is 2.96. The summed E-state index contributed by atoms with van der Waals surface area (Å²) in [5.41, 5.74) is 1.81. The van der Waals surface area contributed by atoms with Gasteiger partial charge in [0.1, 0.15) is 5.75 Å². The van der Waals surface area contributed by atoms with Crippen LogP contribution in [0, 0.1) is 0 Å². The molecule has 0 saturated carbocycles. The number of rotatable bonds is 6. The van der Waals surface area contributed by atoms with Crippen molar-refractivity contribution in [1.29, 1.82) is 0 Å². The topological polar surface area (TPSA) is 62.7 Å². The number of thiazole rings is 1. The lowest BCUT2D eigenvalue weighted by molar-refractivity contribution is -0.142. The molecule has 21 heavy (non-hydrogen) atoms. The predicted octanol–water partition coefficient (Wildman–Crippen LogP) is 2.91. The number of benzene rings is 1. The van der Waals surface area contributed by atoms with Crippen molar-refractivity contribution < 1.29 is 14.6 Å². The van der Waals surface area contributed by atoms with E-state index in [2.05, 4.69) is 4.98 Å². The quantitative estimate of drug-likeness (QED) is 0.831. The van der Waals surface area contributed by atoms with Crippen LogP contribution in [-0.4, -0.2) is 36.3 Å². The minimum absolute atomic E-state index is 0.195. The SMILES string of the molecule is CCOC(=O)CCN(C)c1nc(-c2ccc(O)cc2)cs1. The smallest absolute Gasteiger partial charge is 0.307 e. The molecule has 112 valence electrons. The monoisotopic (exact) mass is 306 g/mol. The number of carbonyl (C=O) groups is 1. The van der Waals surface area contributed by atoms with Crippen LogP contribution in [0.2, 0.25) is 0 Å². The molecule has 6 heteroatoms. The molecular formula is C15H18N2O3S. The first kappa shape index (κ1) is 15.3. The van der Waals surface area contributed by atoms with Crippen LogP contribution in [-0.2, 0) is 9.53 Å². The number of nitrogens with zero attached hydrogens (tertiary/aromatic N) is 2. The van der Waals surface area contributed by atoms with Gasteiger partial charge in [-0.05, 0) is 31.2 Å². The van der Waals surface area contributed by atoms with Crippen LogP contribution < -0.4 is 4.90 Å². The average molecular weight is 306 g/mol. The van der Waals surface area contributed by atoms with Gasteiger partial charge in [-0.25, -0.2) is 4.98 Å². The molecule has 0 unspecified atom stereocenters. The summed E-state index contributed by atoms with van der Waals surface area (Å²) in [7, 11) is 1.90. The highest BCUT2D eigenvalue weighted by molar-refractivity contribution is 7.14. The zero-order valence-corrected chi connectivity index (χ0v) is 12.9. The lowest BCUT2D eigenvalue weighted by Crippen LogP contribution is -2.21. The fraction of sp³-hybridized carbons (Fsp3) is 0.333. The highest BCUT2D eigenvalue weighted by atomic mass is 32.1. The van der Waals surface area contributed by atoms with Gasteiger partial charge in [-0.3, -0.25) is 4.79 Å². The maximum absolute atomic E-state index is 11.3. The van der Waals surface area contributed by atoms with Gasteiger partial charge in [0.2, 0.25) is 0 Å². The van der Waals surface area contributed by atoms with E-state index in [1.54, 1.807) is 19.1 Å². The van der Waals surface area contributed by atoms with Crippen molar-refractivity contribution in [3.05, 3.63) is 29.6 Å². The maximum Gasteiger partial charge on any atom is 0.307 e. The second-order valence-electron chi connectivity index (χ2n) is 4.54. The van der Waals surface area contributed by atoms with Crippen LogP contribution in [0.15, 0.2) is 29.6 Å². The summed E-state index contributed by atoms with van der Waals surface area (Å²) >= 11 is 1.52. The summed E-state index contributed by atoms with van der Waals surface area (Å²) in [5, 5.41) is 12.1. The Morgan fingerprint density at radius 3 is 2.76 bits per heavy atom. The number of anilines is 1. The number of phenolic OH excluding ortho intramolecular Hbond substituents is 1. The van der Waals surface area contributed by atoms with E-state index in [4.69, 9.17) is 4.74 Å². The van der Waals surface area contributed by atoms with Crippen LogP contribution in [0.1, 0.15) is 13.3 Å². The van der Waals surface area contributed by atoms with Gasteiger partial charge in [-0.2, -0.15) is 0 Å². The Morgan fingerprint density at radius 2 is 2.10 bits per heavy atom. The molecule has 0 aliphatic carbocycles. The molecule has 0 spiro atoms. The van der Waals surface area contributed by atoms with E-state index in [9.17, 15) is 9.90 Å². The summed E-state index contributed by atoms with van der Waals surface area (Å²) < 4.78 is 4.91. The molecule has 0 aliphatic rings. The first-order chi connectivity index (χ1) is 10.1. The highest BCUT2D eigenvalue weighted by Gasteiger charge is 2.10. The Morgan fingerprint density at radius 1 is 1.38 bits per heavy atom. The van der Waals surface area contributed by atoms with Crippen LogP contribution in [0.4, 0.5) is 5.13 Å². The van der Waals surface area contributed by atoms with Crippen molar-refractivity contribution in [1.82, 2.24) is 4.98 Å². The largest absolute Gasteiger partial charge is 0.508 e. The Balaban J connectivity index is 1.99. The zero-order chi connectivity index (χ0) is 15.2. The van der Waals surface area contributed by atoms with E-state index in [1.807, 2.05) is 29.5 Å². The van der Waals surface area contributed by atoms with Gasteiger partial charge in [0.05, 0.1) is 18.7 Å². The third kappa shape index (κ3) is 4.19. The van der Waals surface area contributed by atoms with Crippen molar-refractivity contribution in [2.45, 2.75) is 13.3 Å². The summed E-state index contributed by atoms with van der Waals surface area (Å²) in [6, 6.07) is 6.93. The maximum atomic E-state index is 11.3. The van der Waals surface area contributed by atoms with Gasteiger partial charge in [0, 0.05) is 24.5 Å². The van der Waals surface area contributed by atoms with E-state index in [-0.39, 0.29) is 11.7 Å². The number of ether oxygens (including phenoxy) is 1. The molecule has 0 bridgehead atoms. The number of phenols is 1. The normalized spacial score (nSPS) is 10.4. The van der Waals surface area contributed by atoms with Gasteiger partial charge in [-0.1, -0.05) is 0 Å². The lowest BCUT2D eigenvalue weighted by atomic mass is 10.2. The van der Waals surface area contributed by atoms with Crippen LogP contribution >= 0.6 is 11.3 Å².